The van der Waals surface area contributed by atoms with E-state index in [1.165, 1.54) is 35.1 Å². The molecule has 1 aliphatic rings. The summed E-state index contributed by atoms with van der Waals surface area (Å²) < 4.78 is 40.1. The van der Waals surface area contributed by atoms with Gasteiger partial charge in [0.1, 0.15) is 11.4 Å². The van der Waals surface area contributed by atoms with Crippen LogP contribution in [-0.2, 0) is 10.0 Å². The lowest BCUT2D eigenvalue weighted by molar-refractivity contribution is 0.100. The van der Waals surface area contributed by atoms with E-state index in [1.54, 1.807) is 0 Å². The molecule has 1 aliphatic carbocycles. The number of nitriles is 1. The normalized spacial score (nSPS) is 22.0. The number of amides is 1. The second-order valence-electron chi connectivity index (χ2n) is 7.07. The van der Waals surface area contributed by atoms with Gasteiger partial charge in [0.15, 0.2) is 5.82 Å². The molecule has 11 heteroatoms. The second kappa shape index (κ2) is 8.18. The number of nitrogens with two attached hydrogens (primary N) is 1. The number of hydrogen-bond donors (Lipinski definition) is 3. The average molecular weight is 420 g/mol. The maximum atomic E-state index is 13.1. The Morgan fingerprint density at radius 1 is 1.34 bits per heavy atom. The molecule has 1 saturated carbocycles. The smallest absolute Gasteiger partial charge is 0.254 e. The van der Waals surface area contributed by atoms with Gasteiger partial charge in [-0.3, -0.25) is 9.48 Å². The van der Waals surface area contributed by atoms with Crippen molar-refractivity contribution in [3.05, 3.63) is 41.8 Å². The van der Waals surface area contributed by atoms with E-state index in [9.17, 15) is 22.9 Å². The van der Waals surface area contributed by atoms with Crippen LogP contribution in [0.25, 0.3) is 0 Å². The van der Waals surface area contributed by atoms with Crippen LogP contribution in [0.3, 0.4) is 0 Å². The lowest BCUT2D eigenvalue weighted by atomic mass is 9.83. The summed E-state index contributed by atoms with van der Waals surface area (Å²) in [5, 5.41) is 16.9. The quantitative estimate of drug-likeness (QED) is 0.648. The van der Waals surface area contributed by atoms with Crippen LogP contribution in [0, 0.1) is 23.1 Å². The minimum Gasteiger partial charge on any atom is -0.365 e. The van der Waals surface area contributed by atoms with Crippen LogP contribution >= 0.6 is 0 Å². The first kappa shape index (κ1) is 20.8. The highest BCUT2D eigenvalue weighted by atomic mass is 32.2. The first-order valence-corrected chi connectivity index (χ1v) is 10.8. The van der Waals surface area contributed by atoms with Gasteiger partial charge in [0.25, 0.3) is 5.91 Å². The van der Waals surface area contributed by atoms with E-state index < -0.39 is 27.7 Å². The Balaban J connectivity index is 1.84. The summed E-state index contributed by atoms with van der Waals surface area (Å²) in [6, 6.07) is 7.09. The fraction of sp³-hybridized carbons (Fsp3) is 0.389. The zero-order valence-corrected chi connectivity index (χ0v) is 16.5. The first-order chi connectivity index (χ1) is 13.7. The van der Waals surface area contributed by atoms with Crippen molar-refractivity contribution in [2.45, 2.75) is 31.3 Å². The summed E-state index contributed by atoms with van der Waals surface area (Å²) in [5.74, 6) is -1.38. The molecular weight excluding hydrogens is 399 g/mol. The van der Waals surface area contributed by atoms with Crippen LogP contribution in [0.15, 0.2) is 30.5 Å². The highest BCUT2D eigenvalue weighted by Crippen LogP contribution is 2.35. The molecule has 0 spiro atoms. The molecule has 0 bridgehead atoms. The van der Waals surface area contributed by atoms with Crippen LogP contribution in [0.5, 0.6) is 0 Å². The van der Waals surface area contributed by atoms with E-state index in [4.69, 9.17) is 5.73 Å². The van der Waals surface area contributed by atoms with Crippen molar-refractivity contribution in [1.82, 2.24) is 14.5 Å². The number of sulfonamides is 1. The predicted molar refractivity (Wildman–Crippen MR) is 104 cm³/mol. The number of hydrogen-bond acceptors (Lipinski definition) is 6. The molecule has 0 aliphatic heterocycles. The Hall–Kier alpha value is -2.97. The summed E-state index contributed by atoms with van der Waals surface area (Å²) in [6.45, 7) is 0. The Morgan fingerprint density at radius 2 is 2.03 bits per heavy atom. The van der Waals surface area contributed by atoms with Gasteiger partial charge in [-0.25, -0.2) is 17.5 Å². The van der Waals surface area contributed by atoms with Gasteiger partial charge in [-0.05, 0) is 43.5 Å². The summed E-state index contributed by atoms with van der Waals surface area (Å²) in [7, 11) is -3.37. The molecule has 1 unspecified atom stereocenters. The van der Waals surface area contributed by atoms with Gasteiger partial charge in [-0.1, -0.05) is 0 Å². The van der Waals surface area contributed by atoms with E-state index in [1.807, 2.05) is 0 Å². The van der Waals surface area contributed by atoms with Crippen molar-refractivity contribution in [2.24, 2.45) is 11.7 Å². The zero-order valence-electron chi connectivity index (χ0n) is 15.7. The Morgan fingerprint density at radius 3 is 2.62 bits per heavy atom. The number of aromatic nitrogens is 2. The lowest BCUT2D eigenvalue weighted by Crippen LogP contribution is -2.40. The maximum Gasteiger partial charge on any atom is 0.254 e. The molecule has 3 atom stereocenters. The number of halogens is 1. The molecule has 0 saturated heterocycles. The highest BCUT2D eigenvalue weighted by Gasteiger charge is 2.34. The van der Waals surface area contributed by atoms with Crippen LogP contribution in [0.1, 0.15) is 35.7 Å². The molecule has 3 rings (SSSR count). The van der Waals surface area contributed by atoms with Gasteiger partial charge in [-0.2, -0.15) is 10.4 Å². The number of carbonyl (C=O) groups excluding carboxylic acids is 1. The standard InChI is InChI=1S/C18H21FN6O3S/c1-29(27,28)24-14-6-7-16(11(8-14)9-20)25-10-15(17(21)26)18(23-25)22-13-4-2-12(19)3-5-13/h2-5,10-11,14,16,24H,6-8H2,1H3,(H2,21,26)(H,22,23)/t11-,14+,16?/m0/s1. The van der Waals surface area contributed by atoms with E-state index in [0.29, 0.717) is 24.9 Å². The van der Waals surface area contributed by atoms with Crippen molar-refractivity contribution in [2.75, 3.05) is 11.6 Å². The lowest BCUT2D eigenvalue weighted by Gasteiger charge is -2.32. The van der Waals surface area contributed by atoms with E-state index in [0.717, 1.165) is 6.26 Å². The molecule has 1 aromatic carbocycles. The summed E-state index contributed by atoms with van der Waals surface area (Å²) in [6.07, 6.45) is 3.93. The number of anilines is 2. The number of rotatable bonds is 6. The maximum absolute atomic E-state index is 13.1. The van der Waals surface area contributed by atoms with Crippen molar-refractivity contribution in [1.29, 1.82) is 5.26 Å². The monoisotopic (exact) mass is 420 g/mol. The molecule has 1 amide bonds. The van der Waals surface area contributed by atoms with Crippen LogP contribution < -0.4 is 15.8 Å². The largest absolute Gasteiger partial charge is 0.365 e. The molecule has 1 heterocycles. The molecule has 1 fully saturated rings. The third-order valence-corrected chi connectivity index (χ3v) is 5.57. The second-order valence-corrected chi connectivity index (χ2v) is 8.85. The number of benzene rings is 1. The fourth-order valence-corrected chi connectivity index (χ4v) is 4.34. The van der Waals surface area contributed by atoms with Gasteiger partial charge in [0.2, 0.25) is 10.0 Å². The Kier molecular flexibility index (Phi) is 5.86. The SMILES string of the molecule is CS(=O)(=O)N[C@@H]1CCC(n2cc(C(N)=O)c(Nc3ccc(F)cc3)n2)[C@H](C#N)C1. The van der Waals surface area contributed by atoms with Crippen LogP contribution in [0.2, 0.25) is 0 Å². The summed E-state index contributed by atoms with van der Waals surface area (Å²) >= 11 is 0. The van der Waals surface area contributed by atoms with E-state index >= 15 is 0 Å². The number of primary amides is 1. The number of carbonyl (C=O) groups is 1. The molecular formula is C18H21FN6O3S. The third kappa shape index (κ3) is 5.10. The van der Waals surface area contributed by atoms with Gasteiger partial charge >= 0.3 is 0 Å². The Labute approximate surface area is 167 Å². The average Bonchev–Trinajstić information content (AvgIpc) is 3.06. The topological polar surface area (TPSA) is 143 Å². The molecule has 9 nitrogen and oxygen atoms in total. The number of nitrogens with one attached hydrogen (secondary N) is 2. The van der Waals surface area contributed by atoms with Gasteiger partial charge < -0.3 is 11.1 Å². The van der Waals surface area contributed by atoms with Crippen LogP contribution in [0.4, 0.5) is 15.9 Å². The van der Waals surface area contributed by atoms with Gasteiger partial charge in [-0.15, -0.1) is 0 Å². The zero-order chi connectivity index (χ0) is 21.2. The fourth-order valence-electron chi connectivity index (χ4n) is 3.52. The molecule has 2 aromatic rings. The molecule has 29 heavy (non-hydrogen) atoms. The number of nitrogens with zero attached hydrogens (tertiary/aromatic N) is 3. The molecule has 4 N–H and O–H groups in total. The van der Waals surface area contributed by atoms with Gasteiger partial charge in [0, 0.05) is 17.9 Å². The van der Waals surface area contributed by atoms with Crippen LogP contribution in [-0.4, -0.2) is 36.4 Å². The predicted octanol–water partition coefficient (Wildman–Crippen LogP) is 1.65. The van der Waals surface area contributed by atoms with E-state index in [2.05, 4.69) is 21.2 Å². The Bertz CT molecular complexity index is 1040. The summed E-state index contributed by atoms with van der Waals surface area (Å²) in [5.41, 5.74) is 6.13. The first-order valence-electron chi connectivity index (χ1n) is 8.94. The van der Waals surface area contributed by atoms with Crippen molar-refractivity contribution in [3.63, 3.8) is 0 Å². The third-order valence-electron chi connectivity index (χ3n) is 4.80. The van der Waals surface area contributed by atoms with Crippen molar-refractivity contribution < 1.29 is 17.6 Å². The molecule has 0 radical (unpaired) electrons. The minimum atomic E-state index is -3.37. The minimum absolute atomic E-state index is 0.141. The molecule has 154 valence electrons. The highest BCUT2D eigenvalue weighted by molar-refractivity contribution is 7.88. The molecule has 1 aromatic heterocycles. The van der Waals surface area contributed by atoms with Gasteiger partial charge in [0.05, 0.1) is 24.3 Å². The van der Waals surface area contributed by atoms with E-state index in [-0.39, 0.29) is 23.5 Å². The van der Waals surface area contributed by atoms with Crippen molar-refractivity contribution in [3.8, 4) is 6.07 Å². The van der Waals surface area contributed by atoms with Crippen molar-refractivity contribution >= 4 is 27.4 Å². The summed E-state index contributed by atoms with van der Waals surface area (Å²) in [4.78, 5) is 11.8.